The Morgan fingerprint density at radius 3 is 2.68 bits per heavy atom. The molecule has 0 aliphatic heterocycles. The average molecular weight is 485 g/mol. The van der Waals surface area contributed by atoms with Gasteiger partial charge in [-0.25, -0.2) is 24.1 Å². The molecule has 2 amide bonds. The molecular weight excluding hydrogens is 467 g/mol. The fraction of sp³-hybridized carbons (Fsp3) is 0.286. The standard InChI is InChI=1S/C21H18ClFN8O3/c1-10(14-4-12(23)6-25-17(14)22)34-21(33)30-19-16(9-28-31(19)2)18-26-7-13(8-27-18)29-20(32)15-3-11(15)5-24/h4,6-11,15H,3H2,1-2H3,(H,29,32)(H,30,33)/t10-,11+,15-/m1/s1. The number of aryl methyl sites for hydroxylation is 1. The van der Waals surface area contributed by atoms with Crippen molar-refractivity contribution in [3.05, 3.63) is 47.4 Å². The minimum absolute atomic E-state index is 0.0216. The van der Waals surface area contributed by atoms with Crippen molar-refractivity contribution in [2.75, 3.05) is 10.6 Å². The molecule has 2 N–H and O–H groups in total. The van der Waals surface area contributed by atoms with E-state index in [-0.39, 0.29) is 40.1 Å². The summed E-state index contributed by atoms with van der Waals surface area (Å²) in [5, 5.41) is 18.2. The fourth-order valence-corrected chi connectivity index (χ4v) is 3.47. The summed E-state index contributed by atoms with van der Waals surface area (Å²) < 4.78 is 20.2. The third-order valence-electron chi connectivity index (χ3n) is 5.17. The van der Waals surface area contributed by atoms with Crippen LogP contribution in [0.5, 0.6) is 0 Å². The van der Waals surface area contributed by atoms with Crippen LogP contribution in [0.2, 0.25) is 5.15 Å². The molecule has 0 radical (unpaired) electrons. The number of nitriles is 1. The van der Waals surface area contributed by atoms with Gasteiger partial charge in [0.1, 0.15) is 22.9 Å². The Labute approximate surface area is 197 Å². The van der Waals surface area contributed by atoms with Crippen molar-refractivity contribution in [1.29, 1.82) is 5.26 Å². The number of carbonyl (C=O) groups is 2. The summed E-state index contributed by atoms with van der Waals surface area (Å²) in [6.07, 6.45) is 4.09. The summed E-state index contributed by atoms with van der Waals surface area (Å²) in [5.41, 5.74) is 1.00. The zero-order chi connectivity index (χ0) is 24.4. The molecule has 34 heavy (non-hydrogen) atoms. The first-order valence-corrected chi connectivity index (χ1v) is 10.5. The van der Waals surface area contributed by atoms with Crippen molar-refractivity contribution in [2.45, 2.75) is 19.4 Å². The summed E-state index contributed by atoms with van der Waals surface area (Å²) in [4.78, 5) is 36.7. The minimum atomic E-state index is -0.876. The maximum atomic E-state index is 13.5. The van der Waals surface area contributed by atoms with E-state index in [0.29, 0.717) is 17.7 Å². The number of hydrogen-bond donors (Lipinski definition) is 2. The summed E-state index contributed by atoms with van der Waals surface area (Å²) in [7, 11) is 1.60. The summed E-state index contributed by atoms with van der Waals surface area (Å²) in [5.74, 6) is -0.925. The zero-order valence-corrected chi connectivity index (χ0v) is 18.7. The lowest BCUT2D eigenvalue weighted by Crippen LogP contribution is -2.19. The van der Waals surface area contributed by atoms with Gasteiger partial charge in [0.25, 0.3) is 0 Å². The lowest BCUT2D eigenvalue weighted by Gasteiger charge is -2.15. The Morgan fingerprint density at radius 1 is 1.26 bits per heavy atom. The molecule has 3 aromatic rings. The molecule has 0 saturated heterocycles. The van der Waals surface area contributed by atoms with E-state index in [1.807, 2.05) is 0 Å². The number of carbonyl (C=O) groups excluding carboxylic acids is 2. The van der Waals surface area contributed by atoms with Gasteiger partial charge in [0.15, 0.2) is 5.82 Å². The van der Waals surface area contributed by atoms with Crippen LogP contribution in [0.25, 0.3) is 11.4 Å². The second-order valence-corrected chi connectivity index (χ2v) is 7.96. The molecule has 0 unspecified atom stereocenters. The molecule has 1 aliphatic rings. The van der Waals surface area contributed by atoms with E-state index in [4.69, 9.17) is 21.6 Å². The van der Waals surface area contributed by atoms with E-state index in [2.05, 4.69) is 36.8 Å². The lowest BCUT2D eigenvalue weighted by molar-refractivity contribution is -0.117. The van der Waals surface area contributed by atoms with Crippen LogP contribution in [0.1, 0.15) is 25.0 Å². The number of ether oxygens (including phenoxy) is 1. The third-order valence-corrected chi connectivity index (χ3v) is 5.48. The number of nitrogens with zero attached hydrogens (tertiary/aromatic N) is 6. The Hall–Kier alpha value is -4.11. The monoisotopic (exact) mass is 484 g/mol. The van der Waals surface area contributed by atoms with E-state index in [1.165, 1.54) is 30.2 Å². The second-order valence-electron chi connectivity index (χ2n) is 7.60. The number of pyridine rings is 1. The number of hydrogen-bond acceptors (Lipinski definition) is 8. The molecule has 3 aromatic heterocycles. The molecule has 4 rings (SSSR count). The molecule has 174 valence electrons. The number of halogens is 2. The van der Waals surface area contributed by atoms with Crippen LogP contribution in [0, 0.1) is 29.0 Å². The fourth-order valence-electron chi connectivity index (χ4n) is 3.22. The highest BCUT2D eigenvalue weighted by molar-refractivity contribution is 6.30. The van der Waals surface area contributed by atoms with Crippen LogP contribution < -0.4 is 10.6 Å². The van der Waals surface area contributed by atoms with Gasteiger partial charge >= 0.3 is 6.09 Å². The molecule has 0 spiro atoms. The zero-order valence-electron chi connectivity index (χ0n) is 18.0. The predicted molar refractivity (Wildman–Crippen MR) is 118 cm³/mol. The van der Waals surface area contributed by atoms with Crippen LogP contribution in [0.4, 0.5) is 20.7 Å². The van der Waals surface area contributed by atoms with Crippen molar-refractivity contribution < 1.29 is 18.7 Å². The quantitative estimate of drug-likeness (QED) is 0.505. The van der Waals surface area contributed by atoms with Gasteiger partial charge in [0.05, 0.1) is 53.9 Å². The maximum Gasteiger partial charge on any atom is 0.413 e. The van der Waals surface area contributed by atoms with Crippen LogP contribution in [-0.2, 0) is 16.6 Å². The predicted octanol–water partition coefficient (Wildman–Crippen LogP) is 3.47. The van der Waals surface area contributed by atoms with Gasteiger partial charge in [-0.2, -0.15) is 10.4 Å². The summed E-state index contributed by atoms with van der Waals surface area (Å²) >= 11 is 5.97. The van der Waals surface area contributed by atoms with Gasteiger partial charge in [-0.05, 0) is 19.4 Å². The molecule has 13 heteroatoms. The molecule has 1 fully saturated rings. The molecule has 1 saturated carbocycles. The Kier molecular flexibility index (Phi) is 6.38. The molecule has 11 nitrogen and oxygen atoms in total. The smallest absolute Gasteiger partial charge is 0.413 e. The topological polar surface area (TPSA) is 148 Å². The maximum absolute atomic E-state index is 13.5. The van der Waals surface area contributed by atoms with Gasteiger partial charge < -0.3 is 10.1 Å². The largest absolute Gasteiger partial charge is 0.441 e. The van der Waals surface area contributed by atoms with Gasteiger partial charge in [-0.1, -0.05) is 11.6 Å². The van der Waals surface area contributed by atoms with Crippen molar-refractivity contribution in [1.82, 2.24) is 24.7 Å². The van der Waals surface area contributed by atoms with Gasteiger partial charge in [-0.3, -0.25) is 14.8 Å². The second kappa shape index (κ2) is 9.40. The van der Waals surface area contributed by atoms with Crippen molar-refractivity contribution >= 4 is 35.1 Å². The lowest BCUT2D eigenvalue weighted by atomic mass is 10.2. The van der Waals surface area contributed by atoms with Crippen molar-refractivity contribution in [3.63, 3.8) is 0 Å². The molecule has 0 aromatic carbocycles. The first-order valence-electron chi connectivity index (χ1n) is 10.1. The van der Waals surface area contributed by atoms with Crippen LogP contribution in [-0.4, -0.2) is 36.7 Å². The van der Waals surface area contributed by atoms with Crippen LogP contribution in [0.3, 0.4) is 0 Å². The SMILES string of the molecule is C[C@@H](OC(=O)Nc1c(-c2ncc(NC(=O)[C@@H]3C[C@H]3C#N)cn2)cnn1C)c1cc(F)cnc1Cl. The van der Waals surface area contributed by atoms with E-state index >= 15 is 0 Å². The number of nitrogens with one attached hydrogen (secondary N) is 2. The highest BCUT2D eigenvalue weighted by atomic mass is 35.5. The molecule has 3 atom stereocenters. The van der Waals surface area contributed by atoms with Gasteiger partial charge in [0.2, 0.25) is 5.91 Å². The third kappa shape index (κ3) is 4.94. The summed E-state index contributed by atoms with van der Waals surface area (Å²) in [6.45, 7) is 1.53. The number of aromatic nitrogens is 5. The van der Waals surface area contributed by atoms with Crippen molar-refractivity contribution in [2.24, 2.45) is 18.9 Å². The highest BCUT2D eigenvalue weighted by Crippen LogP contribution is 2.38. The molecule has 1 aliphatic carbocycles. The molecule has 3 heterocycles. The molecular formula is C21H18ClFN8O3. The van der Waals surface area contributed by atoms with E-state index in [1.54, 1.807) is 7.05 Å². The Morgan fingerprint density at radius 2 is 2.00 bits per heavy atom. The van der Waals surface area contributed by atoms with Gasteiger partial charge in [-0.15, -0.1) is 0 Å². The Balaban J connectivity index is 1.44. The van der Waals surface area contributed by atoms with Crippen LogP contribution in [0.15, 0.2) is 30.9 Å². The van der Waals surface area contributed by atoms with E-state index in [9.17, 15) is 14.0 Å². The number of rotatable bonds is 6. The van der Waals surface area contributed by atoms with E-state index in [0.717, 1.165) is 12.3 Å². The highest BCUT2D eigenvalue weighted by Gasteiger charge is 2.43. The normalized spacial score (nSPS) is 17.4. The first kappa shape index (κ1) is 23.1. The molecule has 0 bridgehead atoms. The van der Waals surface area contributed by atoms with Gasteiger partial charge in [0, 0.05) is 12.6 Å². The number of anilines is 2. The Bertz CT molecular complexity index is 1290. The summed E-state index contributed by atoms with van der Waals surface area (Å²) in [6, 6.07) is 3.20. The minimum Gasteiger partial charge on any atom is -0.441 e. The average Bonchev–Trinajstić information content (AvgIpc) is 3.53. The van der Waals surface area contributed by atoms with E-state index < -0.39 is 18.0 Å². The van der Waals surface area contributed by atoms with Crippen molar-refractivity contribution in [3.8, 4) is 17.5 Å². The van der Waals surface area contributed by atoms with Crippen LogP contribution >= 0.6 is 11.6 Å². The number of amides is 2. The first-order chi connectivity index (χ1) is 16.3.